The number of carbonyl (C=O) groups is 1. The number of benzene rings is 3. The van der Waals surface area contributed by atoms with Crippen LogP contribution >= 0.6 is 0 Å². The van der Waals surface area contributed by atoms with E-state index in [2.05, 4.69) is 6.07 Å². The Hall–Kier alpha value is -4.44. The summed E-state index contributed by atoms with van der Waals surface area (Å²) in [4.78, 5) is 12.3. The Labute approximate surface area is 205 Å². The summed E-state index contributed by atoms with van der Waals surface area (Å²) in [5.74, 6) is 2.63. The zero-order chi connectivity index (χ0) is 25.0. The van der Waals surface area contributed by atoms with Gasteiger partial charge in [0.1, 0.15) is 17.2 Å². The molecule has 0 fully saturated rings. The van der Waals surface area contributed by atoms with Gasteiger partial charge in [0, 0.05) is 6.42 Å². The maximum Gasteiger partial charge on any atom is 0.311 e. The van der Waals surface area contributed by atoms with Gasteiger partial charge in [-0.05, 0) is 78.2 Å². The van der Waals surface area contributed by atoms with E-state index < -0.39 is 0 Å². The first kappa shape index (κ1) is 25.2. The standard InChI is InChI=1S/C28H27NO6/c1-31-23-10-12-24(13-11-23)34-15-5-8-28(30)35-25-7-4-6-20(17-25)16-22(19-29)21-9-14-26(32-2)27(18-21)33-3/h4,6-7,9-14,16-18H,5,8,15H2,1-3H3/b22-16-. The van der Waals surface area contributed by atoms with Crippen LogP contribution in [0.2, 0.25) is 0 Å². The molecule has 0 radical (unpaired) electrons. The van der Waals surface area contributed by atoms with Gasteiger partial charge in [0.15, 0.2) is 11.5 Å². The highest BCUT2D eigenvalue weighted by Crippen LogP contribution is 2.31. The number of methoxy groups -OCH3 is 3. The highest BCUT2D eigenvalue weighted by molar-refractivity contribution is 5.90. The second-order valence-corrected chi connectivity index (χ2v) is 7.41. The number of rotatable bonds is 11. The molecule has 3 aromatic carbocycles. The lowest BCUT2D eigenvalue weighted by atomic mass is 10.0. The van der Waals surface area contributed by atoms with Gasteiger partial charge >= 0.3 is 5.97 Å². The molecule has 3 rings (SSSR count). The minimum Gasteiger partial charge on any atom is -0.497 e. The van der Waals surface area contributed by atoms with Crippen LogP contribution in [0.3, 0.4) is 0 Å². The Morgan fingerprint density at radius 2 is 1.60 bits per heavy atom. The van der Waals surface area contributed by atoms with Crippen molar-refractivity contribution in [3.63, 3.8) is 0 Å². The number of hydrogen-bond acceptors (Lipinski definition) is 7. The van der Waals surface area contributed by atoms with Gasteiger partial charge in [-0.15, -0.1) is 0 Å². The first-order valence-corrected chi connectivity index (χ1v) is 11.0. The fourth-order valence-electron chi connectivity index (χ4n) is 3.28. The Bertz CT molecular complexity index is 1210. The van der Waals surface area contributed by atoms with E-state index >= 15 is 0 Å². The Morgan fingerprint density at radius 1 is 0.857 bits per heavy atom. The normalized spacial score (nSPS) is 10.7. The third kappa shape index (κ3) is 7.27. The van der Waals surface area contributed by atoms with Gasteiger partial charge < -0.3 is 23.7 Å². The van der Waals surface area contributed by atoms with Crippen LogP contribution in [0.15, 0.2) is 66.7 Å². The van der Waals surface area contributed by atoms with Crippen LogP contribution in [-0.4, -0.2) is 33.9 Å². The van der Waals surface area contributed by atoms with Crippen molar-refractivity contribution in [2.75, 3.05) is 27.9 Å². The summed E-state index contributed by atoms with van der Waals surface area (Å²) in [6.45, 7) is 0.390. The molecule has 0 spiro atoms. The topological polar surface area (TPSA) is 87.0 Å². The predicted molar refractivity (Wildman–Crippen MR) is 133 cm³/mol. The predicted octanol–water partition coefficient (Wildman–Crippen LogP) is 5.54. The number of hydrogen-bond donors (Lipinski definition) is 0. The third-order valence-electron chi connectivity index (χ3n) is 5.07. The van der Waals surface area contributed by atoms with Crippen LogP contribution < -0.4 is 23.7 Å². The zero-order valence-corrected chi connectivity index (χ0v) is 19.9. The van der Waals surface area contributed by atoms with E-state index in [1.165, 1.54) is 0 Å². The second-order valence-electron chi connectivity index (χ2n) is 7.41. The molecule has 0 unspecified atom stereocenters. The highest BCUT2D eigenvalue weighted by atomic mass is 16.5. The average Bonchev–Trinajstić information content (AvgIpc) is 2.90. The average molecular weight is 474 g/mol. The molecule has 0 saturated carbocycles. The third-order valence-corrected chi connectivity index (χ3v) is 5.07. The van der Waals surface area contributed by atoms with Gasteiger partial charge in [0.25, 0.3) is 0 Å². The second kappa shape index (κ2) is 12.7. The van der Waals surface area contributed by atoms with Crippen LogP contribution in [0.25, 0.3) is 11.6 Å². The summed E-state index contributed by atoms with van der Waals surface area (Å²) in [7, 11) is 4.70. The molecule has 0 heterocycles. The van der Waals surface area contributed by atoms with E-state index in [4.69, 9.17) is 23.7 Å². The molecule has 0 aliphatic carbocycles. The molecular formula is C28H27NO6. The molecule has 0 N–H and O–H groups in total. The van der Waals surface area contributed by atoms with Crippen molar-refractivity contribution >= 4 is 17.6 Å². The molecule has 0 saturated heterocycles. The molecule has 0 amide bonds. The maximum absolute atomic E-state index is 12.3. The molecule has 7 heteroatoms. The Kier molecular flexibility index (Phi) is 9.14. The Balaban J connectivity index is 1.58. The van der Waals surface area contributed by atoms with Crippen molar-refractivity contribution in [1.29, 1.82) is 5.26 Å². The number of ether oxygens (including phenoxy) is 5. The van der Waals surface area contributed by atoms with Crippen molar-refractivity contribution in [1.82, 2.24) is 0 Å². The first-order chi connectivity index (χ1) is 17.1. The molecule has 180 valence electrons. The van der Waals surface area contributed by atoms with E-state index in [0.717, 1.165) is 11.3 Å². The fourth-order valence-corrected chi connectivity index (χ4v) is 3.28. The van der Waals surface area contributed by atoms with Crippen LogP contribution in [0.4, 0.5) is 0 Å². The minimum absolute atomic E-state index is 0.214. The van der Waals surface area contributed by atoms with Crippen LogP contribution in [-0.2, 0) is 4.79 Å². The number of nitrogens with zero attached hydrogens (tertiary/aromatic N) is 1. The van der Waals surface area contributed by atoms with Gasteiger partial charge in [-0.3, -0.25) is 4.79 Å². The molecule has 3 aromatic rings. The van der Waals surface area contributed by atoms with Crippen molar-refractivity contribution < 1.29 is 28.5 Å². The summed E-state index contributed by atoms with van der Waals surface area (Å²) in [6, 6.07) is 21.7. The quantitative estimate of drug-likeness (QED) is 0.119. The van der Waals surface area contributed by atoms with Crippen molar-refractivity contribution in [3.8, 4) is 34.8 Å². The fraction of sp³-hybridized carbons (Fsp3) is 0.214. The van der Waals surface area contributed by atoms with Crippen LogP contribution in [0, 0.1) is 11.3 Å². The zero-order valence-electron chi connectivity index (χ0n) is 19.9. The summed E-state index contributed by atoms with van der Waals surface area (Å²) < 4.78 is 26.8. The largest absolute Gasteiger partial charge is 0.497 e. The number of carbonyl (C=O) groups excluding carboxylic acids is 1. The monoisotopic (exact) mass is 473 g/mol. The first-order valence-electron chi connectivity index (χ1n) is 11.0. The lowest BCUT2D eigenvalue weighted by Crippen LogP contribution is -2.10. The van der Waals surface area contributed by atoms with Gasteiger partial charge in [0.05, 0.1) is 39.6 Å². The highest BCUT2D eigenvalue weighted by Gasteiger charge is 2.09. The summed E-state index contributed by atoms with van der Waals surface area (Å²) in [5.41, 5.74) is 1.85. The minimum atomic E-state index is -0.357. The van der Waals surface area contributed by atoms with E-state index in [1.54, 1.807) is 63.8 Å². The van der Waals surface area contributed by atoms with Crippen molar-refractivity contribution in [2.45, 2.75) is 12.8 Å². The van der Waals surface area contributed by atoms with Crippen LogP contribution in [0.5, 0.6) is 28.7 Å². The summed E-state index contributed by atoms with van der Waals surface area (Å²) >= 11 is 0. The molecule has 0 aromatic heterocycles. The smallest absolute Gasteiger partial charge is 0.311 e. The summed E-state index contributed by atoms with van der Waals surface area (Å²) in [6.07, 6.45) is 2.45. The molecule has 0 aliphatic rings. The molecule has 35 heavy (non-hydrogen) atoms. The number of allylic oxidation sites excluding steroid dienone is 1. The van der Waals surface area contributed by atoms with Gasteiger partial charge in [0.2, 0.25) is 0 Å². The van der Waals surface area contributed by atoms with Crippen molar-refractivity contribution in [2.24, 2.45) is 0 Å². The summed E-state index contributed by atoms with van der Waals surface area (Å²) in [5, 5.41) is 9.68. The molecular weight excluding hydrogens is 446 g/mol. The lowest BCUT2D eigenvalue weighted by molar-refractivity contribution is -0.134. The van der Waals surface area contributed by atoms with E-state index in [1.807, 2.05) is 30.3 Å². The number of esters is 1. The molecule has 0 atom stereocenters. The van der Waals surface area contributed by atoms with Crippen LogP contribution in [0.1, 0.15) is 24.0 Å². The molecule has 7 nitrogen and oxygen atoms in total. The Morgan fingerprint density at radius 3 is 2.29 bits per heavy atom. The van der Waals surface area contributed by atoms with Gasteiger partial charge in [-0.1, -0.05) is 12.1 Å². The number of nitriles is 1. The lowest BCUT2D eigenvalue weighted by Gasteiger charge is -2.09. The molecule has 0 bridgehead atoms. The maximum atomic E-state index is 12.3. The van der Waals surface area contributed by atoms with Gasteiger partial charge in [-0.25, -0.2) is 0 Å². The van der Waals surface area contributed by atoms with E-state index in [-0.39, 0.29) is 12.4 Å². The van der Waals surface area contributed by atoms with E-state index in [0.29, 0.717) is 47.2 Å². The van der Waals surface area contributed by atoms with E-state index in [9.17, 15) is 10.1 Å². The van der Waals surface area contributed by atoms with Crippen molar-refractivity contribution in [3.05, 3.63) is 77.9 Å². The van der Waals surface area contributed by atoms with Gasteiger partial charge in [-0.2, -0.15) is 5.26 Å². The molecule has 0 aliphatic heterocycles. The SMILES string of the molecule is COc1ccc(OCCCC(=O)Oc2cccc(/C=C(/C#N)c3ccc(OC)c(OC)c3)c2)cc1.